The van der Waals surface area contributed by atoms with Crippen molar-refractivity contribution in [1.29, 1.82) is 0 Å². The number of aryl methyl sites for hydroxylation is 1. The Kier molecular flexibility index (Phi) is 5.27. The van der Waals surface area contributed by atoms with E-state index in [4.69, 9.17) is 48.8 Å². The molecule has 0 amide bonds. The highest BCUT2D eigenvalue weighted by Crippen LogP contribution is 2.40. The van der Waals surface area contributed by atoms with E-state index < -0.39 is 0 Å². The fourth-order valence-electron chi connectivity index (χ4n) is 2.53. The van der Waals surface area contributed by atoms with Crippen LogP contribution in [0, 0.1) is 13.8 Å². The normalized spacial score (nSPS) is 10.9. The standard InChI is InChI=1S/C17H14Cl3N3O3/c1-7-12(15(20)21-8(2)13(7)19)16-22-17(26-23-16)9-5-10(18)14(25-4)11(6-9)24-3/h5-6H,1-4H3. The minimum Gasteiger partial charge on any atom is -0.493 e. The first-order chi connectivity index (χ1) is 12.4. The van der Waals surface area contributed by atoms with Crippen LogP contribution in [-0.2, 0) is 0 Å². The van der Waals surface area contributed by atoms with Gasteiger partial charge in [-0.05, 0) is 31.5 Å². The van der Waals surface area contributed by atoms with Crippen molar-refractivity contribution in [3.05, 3.63) is 38.6 Å². The first-order valence-electron chi connectivity index (χ1n) is 7.45. The number of rotatable bonds is 4. The molecule has 0 bridgehead atoms. The molecule has 136 valence electrons. The van der Waals surface area contributed by atoms with Gasteiger partial charge in [0.25, 0.3) is 5.89 Å². The molecule has 3 aromatic rings. The van der Waals surface area contributed by atoms with E-state index in [0.717, 1.165) is 5.56 Å². The minimum atomic E-state index is 0.245. The lowest BCUT2D eigenvalue weighted by Crippen LogP contribution is -1.95. The van der Waals surface area contributed by atoms with Crippen LogP contribution in [0.4, 0.5) is 0 Å². The van der Waals surface area contributed by atoms with Crippen LogP contribution in [0.1, 0.15) is 11.3 Å². The van der Waals surface area contributed by atoms with Gasteiger partial charge in [0, 0.05) is 5.56 Å². The average molecular weight is 415 g/mol. The third kappa shape index (κ3) is 3.20. The van der Waals surface area contributed by atoms with E-state index >= 15 is 0 Å². The second-order valence-corrected chi connectivity index (χ2v) is 6.56. The average Bonchev–Trinajstić information content (AvgIpc) is 3.08. The fourth-order valence-corrected chi connectivity index (χ4v) is 3.31. The van der Waals surface area contributed by atoms with Crippen molar-refractivity contribution in [2.75, 3.05) is 14.2 Å². The predicted octanol–water partition coefficient (Wildman–Crippen LogP) is 5.39. The summed E-state index contributed by atoms with van der Waals surface area (Å²) in [5.41, 5.74) is 2.45. The number of pyridine rings is 1. The molecule has 2 aromatic heterocycles. The Morgan fingerprint density at radius 1 is 1.00 bits per heavy atom. The van der Waals surface area contributed by atoms with Gasteiger partial charge in [-0.3, -0.25) is 0 Å². The van der Waals surface area contributed by atoms with E-state index in [1.807, 2.05) is 6.92 Å². The molecule has 0 atom stereocenters. The Hall–Kier alpha value is -2.02. The predicted molar refractivity (Wildman–Crippen MR) is 101 cm³/mol. The van der Waals surface area contributed by atoms with Gasteiger partial charge in [0.2, 0.25) is 5.82 Å². The maximum absolute atomic E-state index is 6.27. The molecule has 1 aromatic carbocycles. The number of hydrogen-bond donors (Lipinski definition) is 0. The molecule has 3 rings (SSSR count). The topological polar surface area (TPSA) is 70.3 Å². The van der Waals surface area contributed by atoms with Crippen LogP contribution < -0.4 is 9.47 Å². The number of benzene rings is 1. The smallest absolute Gasteiger partial charge is 0.258 e. The zero-order valence-corrected chi connectivity index (χ0v) is 16.6. The van der Waals surface area contributed by atoms with E-state index in [1.54, 1.807) is 19.1 Å². The summed E-state index contributed by atoms with van der Waals surface area (Å²) in [7, 11) is 3.02. The van der Waals surface area contributed by atoms with Crippen LogP contribution in [0.15, 0.2) is 16.7 Å². The lowest BCUT2D eigenvalue weighted by molar-refractivity contribution is 0.355. The second-order valence-electron chi connectivity index (χ2n) is 5.42. The van der Waals surface area contributed by atoms with Crippen molar-refractivity contribution in [3.8, 4) is 34.3 Å². The first-order valence-corrected chi connectivity index (χ1v) is 8.59. The van der Waals surface area contributed by atoms with Gasteiger partial charge in [0.15, 0.2) is 11.5 Å². The van der Waals surface area contributed by atoms with Crippen LogP contribution in [0.2, 0.25) is 15.2 Å². The van der Waals surface area contributed by atoms with E-state index in [0.29, 0.717) is 38.4 Å². The molecule has 0 aliphatic carbocycles. The summed E-state index contributed by atoms with van der Waals surface area (Å²) in [6.45, 7) is 3.60. The molecule has 9 heteroatoms. The first kappa shape index (κ1) is 18.8. The molecule has 0 saturated heterocycles. The van der Waals surface area contributed by atoms with Crippen LogP contribution in [0.25, 0.3) is 22.8 Å². The summed E-state index contributed by atoms with van der Waals surface area (Å²) in [5, 5.41) is 5.11. The number of halogens is 3. The van der Waals surface area contributed by atoms with Crippen LogP contribution in [-0.4, -0.2) is 29.3 Å². The molecule has 0 aliphatic heterocycles. The molecule has 0 saturated carbocycles. The lowest BCUT2D eigenvalue weighted by Gasteiger charge is -2.10. The highest BCUT2D eigenvalue weighted by molar-refractivity contribution is 6.35. The van der Waals surface area contributed by atoms with Crippen molar-refractivity contribution in [3.63, 3.8) is 0 Å². The SMILES string of the molecule is COc1cc(-c2nc(-c3c(Cl)nc(C)c(Cl)c3C)no2)cc(Cl)c1OC. The van der Waals surface area contributed by atoms with Crippen LogP contribution in [0.5, 0.6) is 11.5 Å². The molecule has 2 heterocycles. The minimum absolute atomic E-state index is 0.245. The second kappa shape index (κ2) is 7.31. The molecule has 0 aliphatic rings. The Balaban J connectivity index is 2.10. The van der Waals surface area contributed by atoms with E-state index in [1.165, 1.54) is 14.2 Å². The van der Waals surface area contributed by atoms with Crippen LogP contribution >= 0.6 is 34.8 Å². The number of nitrogens with zero attached hydrogens (tertiary/aromatic N) is 3. The summed E-state index contributed by atoms with van der Waals surface area (Å²) in [4.78, 5) is 8.61. The highest BCUT2D eigenvalue weighted by Gasteiger charge is 2.21. The van der Waals surface area contributed by atoms with E-state index in [9.17, 15) is 0 Å². The molecule has 6 nitrogen and oxygen atoms in total. The summed E-state index contributed by atoms with van der Waals surface area (Å²) in [6, 6.07) is 3.34. The Labute approximate surface area is 165 Å². The lowest BCUT2D eigenvalue weighted by atomic mass is 10.1. The van der Waals surface area contributed by atoms with Crippen LogP contribution in [0.3, 0.4) is 0 Å². The monoisotopic (exact) mass is 413 g/mol. The number of aromatic nitrogens is 3. The summed E-state index contributed by atoms with van der Waals surface area (Å²) >= 11 is 18.8. The van der Waals surface area contributed by atoms with Crippen molar-refractivity contribution in [1.82, 2.24) is 15.1 Å². The van der Waals surface area contributed by atoms with Crippen molar-refractivity contribution < 1.29 is 14.0 Å². The Morgan fingerprint density at radius 3 is 2.38 bits per heavy atom. The number of methoxy groups -OCH3 is 2. The fraction of sp³-hybridized carbons (Fsp3) is 0.235. The quantitative estimate of drug-likeness (QED) is 0.533. The summed E-state index contributed by atoms with van der Waals surface area (Å²) in [5.74, 6) is 1.40. The number of ether oxygens (including phenoxy) is 2. The zero-order chi connectivity index (χ0) is 19.0. The molecular formula is C17H14Cl3N3O3. The van der Waals surface area contributed by atoms with Gasteiger partial charge in [-0.2, -0.15) is 4.98 Å². The molecular weight excluding hydrogens is 401 g/mol. The third-order valence-electron chi connectivity index (χ3n) is 3.82. The molecule has 0 N–H and O–H groups in total. The van der Waals surface area contributed by atoms with E-state index in [2.05, 4.69) is 15.1 Å². The Morgan fingerprint density at radius 2 is 1.73 bits per heavy atom. The van der Waals surface area contributed by atoms with Gasteiger partial charge >= 0.3 is 0 Å². The molecule has 0 unspecified atom stereocenters. The summed E-state index contributed by atoms with van der Waals surface area (Å²) in [6.07, 6.45) is 0. The highest BCUT2D eigenvalue weighted by atomic mass is 35.5. The third-order valence-corrected chi connectivity index (χ3v) is 4.94. The van der Waals surface area contributed by atoms with Gasteiger partial charge in [-0.1, -0.05) is 40.0 Å². The number of hydrogen-bond acceptors (Lipinski definition) is 6. The van der Waals surface area contributed by atoms with Crippen molar-refractivity contribution >= 4 is 34.8 Å². The van der Waals surface area contributed by atoms with Crippen molar-refractivity contribution in [2.24, 2.45) is 0 Å². The van der Waals surface area contributed by atoms with E-state index in [-0.39, 0.29) is 16.9 Å². The molecule has 0 spiro atoms. The molecule has 26 heavy (non-hydrogen) atoms. The molecule has 0 fully saturated rings. The van der Waals surface area contributed by atoms with Gasteiger partial charge in [-0.15, -0.1) is 0 Å². The Bertz CT molecular complexity index is 989. The molecule has 0 radical (unpaired) electrons. The van der Waals surface area contributed by atoms with Gasteiger partial charge < -0.3 is 14.0 Å². The van der Waals surface area contributed by atoms with Gasteiger partial charge in [-0.25, -0.2) is 4.98 Å². The van der Waals surface area contributed by atoms with Gasteiger partial charge in [0.05, 0.1) is 35.5 Å². The van der Waals surface area contributed by atoms with Gasteiger partial charge in [0.1, 0.15) is 5.15 Å². The maximum atomic E-state index is 6.27. The zero-order valence-electron chi connectivity index (χ0n) is 14.4. The largest absolute Gasteiger partial charge is 0.493 e. The van der Waals surface area contributed by atoms with Crippen molar-refractivity contribution in [2.45, 2.75) is 13.8 Å². The maximum Gasteiger partial charge on any atom is 0.258 e. The summed E-state index contributed by atoms with van der Waals surface area (Å²) < 4.78 is 15.9.